The van der Waals surface area contributed by atoms with Gasteiger partial charge in [0.1, 0.15) is 0 Å². The SMILES string of the molecule is COCCNCC(=O)c1ccco1. The summed E-state index contributed by atoms with van der Waals surface area (Å²) in [6.45, 7) is 1.56. The first-order valence-corrected chi connectivity index (χ1v) is 4.11. The molecule has 0 spiro atoms. The fraction of sp³-hybridized carbons (Fsp3) is 0.444. The Hall–Kier alpha value is -1.13. The van der Waals surface area contributed by atoms with Gasteiger partial charge in [0.15, 0.2) is 5.76 Å². The number of methoxy groups -OCH3 is 1. The molecule has 1 rings (SSSR count). The topological polar surface area (TPSA) is 51.5 Å². The van der Waals surface area contributed by atoms with Gasteiger partial charge in [-0.2, -0.15) is 0 Å². The summed E-state index contributed by atoms with van der Waals surface area (Å²) in [5.41, 5.74) is 0. The van der Waals surface area contributed by atoms with Crippen molar-refractivity contribution in [3.05, 3.63) is 24.2 Å². The molecule has 0 unspecified atom stereocenters. The summed E-state index contributed by atoms with van der Waals surface area (Å²) in [4.78, 5) is 11.3. The Kier molecular flexibility index (Phi) is 4.21. The molecular formula is C9H13NO3. The molecule has 0 atom stereocenters. The summed E-state index contributed by atoms with van der Waals surface area (Å²) in [5.74, 6) is 0.353. The van der Waals surface area contributed by atoms with E-state index < -0.39 is 0 Å². The van der Waals surface area contributed by atoms with Crippen LogP contribution in [0, 0.1) is 0 Å². The van der Waals surface area contributed by atoms with Crippen molar-refractivity contribution in [2.45, 2.75) is 0 Å². The molecule has 1 aromatic heterocycles. The van der Waals surface area contributed by atoms with E-state index in [2.05, 4.69) is 5.32 Å². The molecule has 0 aliphatic carbocycles. The average molecular weight is 183 g/mol. The van der Waals surface area contributed by atoms with Crippen LogP contribution in [0.15, 0.2) is 22.8 Å². The van der Waals surface area contributed by atoms with Crippen molar-refractivity contribution in [1.82, 2.24) is 5.32 Å². The summed E-state index contributed by atoms with van der Waals surface area (Å²) >= 11 is 0. The van der Waals surface area contributed by atoms with Gasteiger partial charge in [-0.05, 0) is 12.1 Å². The van der Waals surface area contributed by atoms with Crippen LogP contribution in [0.4, 0.5) is 0 Å². The molecule has 4 heteroatoms. The second-order valence-electron chi connectivity index (χ2n) is 2.57. The van der Waals surface area contributed by atoms with Crippen molar-refractivity contribution in [2.75, 3.05) is 26.8 Å². The van der Waals surface area contributed by atoms with E-state index in [0.29, 0.717) is 18.9 Å². The normalized spacial score (nSPS) is 10.2. The number of ether oxygens (including phenoxy) is 1. The summed E-state index contributed by atoms with van der Waals surface area (Å²) in [6.07, 6.45) is 1.49. The molecule has 0 aliphatic heterocycles. The maximum Gasteiger partial charge on any atom is 0.211 e. The van der Waals surface area contributed by atoms with Crippen molar-refractivity contribution in [1.29, 1.82) is 0 Å². The maximum absolute atomic E-state index is 11.3. The van der Waals surface area contributed by atoms with Gasteiger partial charge in [-0.1, -0.05) is 0 Å². The van der Waals surface area contributed by atoms with Crippen LogP contribution in [0.3, 0.4) is 0 Å². The third-order valence-corrected chi connectivity index (χ3v) is 1.56. The van der Waals surface area contributed by atoms with Crippen molar-refractivity contribution >= 4 is 5.78 Å². The van der Waals surface area contributed by atoms with Crippen molar-refractivity contribution in [3.63, 3.8) is 0 Å². The number of ketones is 1. The number of hydrogen-bond acceptors (Lipinski definition) is 4. The first-order valence-electron chi connectivity index (χ1n) is 4.11. The van der Waals surface area contributed by atoms with Gasteiger partial charge in [0.2, 0.25) is 5.78 Å². The van der Waals surface area contributed by atoms with Crippen molar-refractivity contribution in [3.8, 4) is 0 Å². The van der Waals surface area contributed by atoms with E-state index >= 15 is 0 Å². The van der Waals surface area contributed by atoms with Crippen molar-refractivity contribution in [2.24, 2.45) is 0 Å². The van der Waals surface area contributed by atoms with E-state index in [4.69, 9.17) is 9.15 Å². The maximum atomic E-state index is 11.3. The van der Waals surface area contributed by atoms with Gasteiger partial charge < -0.3 is 14.5 Å². The third kappa shape index (κ3) is 3.40. The molecule has 0 aliphatic rings. The predicted molar refractivity (Wildman–Crippen MR) is 47.8 cm³/mol. The lowest BCUT2D eigenvalue weighted by atomic mass is 10.3. The van der Waals surface area contributed by atoms with E-state index in [1.54, 1.807) is 19.2 Å². The molecule has 13 heavy (non-hydrogen) atoms. The van der Waals surface area contributed by atoms with Gasteiger partial charge >= 0.3 is 0 Å². The molecule has 1 aromatic rings. The highest BCUT2D eigenvalue weighted by molar-refractivity contribution is 5.94. The number of hydrogen-bond donors (Lipinski definition) is 1. The smallest absolute Gasteiger partial charge is 0.211 e. The minimum atomic E-state index is -0.0406. The average Bonchev–Trinajstić information content (AvgIpc) is 2.65. The fourth-order valence-corrected chi connectivity index (χ4v) is 0.900. The highest BCUT2D eigenvalue weighted by atomic mass is 16.5. The Labute approximate surface area is 76.9 Å². The van der Waals surface area contributed by atoms with Crippen LogP contribution in [0.1, 0.15) is 10.6 Å². The number of carbonyl (C=O) groups excluding carboxylic acids is 1. The molecule has 0 amide bonds. The second kappa shape index (κ2) is 5.50. The van der Waals surface area contributed by atoms with Gasteiger partial charge in [0, 0.05) is 13.7 Å². The van der Waals surface area contributed by atoms with Gasteiger partial charge in [0.05, 0.1) is 19.4 Å². The van der Waals surface area contributed by atoms with Gasteiger partial charge in [-0.15, -0.1) is 0 Å². The molecule has 72 valence electrons. The fourth-order valence-electron chi connectivity index (χ4n) is 0.900. The zero-order chi connectivity index (χ0) is 9.52. The van der Waals surface area contributed by atoms with E-state index in [-0.39, 0.29) is 12.3 Å². The molecule has 0 saturated heterocycles. The molecule has 1 heterocycles. The molecule has 4 nitrogen and oxygen atoms in total. The summed E-state index contributed by atoms with van der Waals surface area (Å²) in [7, 11) is 1.62. The van der Waals surface area contributed by atoms with E-state index in [0.717, 1.165) is 0 Å². The third-order valence-electron chi connectivity index (χ3n) is 1.56. The molecule has 0 aromatic carbocycles. The Morgan fingerprint density at radius 3 is 3.15 bits per heavy atom. The monoisotopic (exact) mass is 183 g/mol. The van der Waals surface area contributed by atoms with Crippen LogP contribution in [-0.4, -0.2) is 32.6 Å². The van der Waals surface area contributed by atoms with Gasteiger partial charge in [-0.3, -0.25) is 4.79 Å². The lowest BCUT2D eigenvalue weighted by molar-refractivity contribution is 0.0961. The number of rotatable bonds is 6. The predicted octanol–water partition coefficient (Wildman–Crippen LogP) is 0.698. The molecule has 0 bridgehead atoms. The Morgan fingerprint density at radius 1 is 1.69 bits per heavy atom. The van der Waals surface area contributed by atoms with Crippen LogP contribution >= 0.6 is 0 Å². The highest BCUT2D eigenvalue weighted by Gasteiger charge is 2.06. The summed E-state index contributed by atoms with van der Waals surface area (Å²) in [5, 5.41) is 2.94. The molecule has 1 N–H and O–H groups in total. The van der Waals surface area contributed by atoms with E-state index in [1.807, 2.05) is 0 Å². The van der Waals surface area contributed by atoms with Crippen molar-refractivity contribution < 1.29 is 13.9 Å². The highest BCUT2D eigenvalue weighted by Crippen LogP contribution is 1.99. The van der Waals surface area contributed by atoms with Crippen LogP contribution in [0.5, 0.6) is 0 Å². The Balaban J connectivity index is 2.19. The number of furan rings is 1. The number of Topliss-reactive ketones (excluding diaryl/α,β-unsaturated/α-hetero) is 1. The summed E-state index contributed by atoms with van der Waals surface area (Å²) in [6, 6.07) is 3.35. The lowest BCUT2D eigenvalue weighted by Crippen LogP contribution is -2.26. The number of nitrogens with one attached hydrogen (secondary N) is 1. The van der Waals surface area contributed by atoms with Gasteiger partial charge in [0.25, 0.3) is 0 Å². The molecule has 0 fully saturated rings. The van der Waals surface area contributed by atoms with Crippen LogP contribution in [0.25, 0.3) is 0 Å². The quantitative estimate of drug-likeness (QED) is 0.521. The Bertz CT molecular complexity index is 243. The van der Waals surface area contributed by atoms with Crippen LogP contribution in [-0.2, 0) is 4.74 Å². The van der Waals surface area contributed by atoms with Gasteiger partial charge in [-0.25, -0.2) is 0 Å². The van der Waals surface area contributed by atoms with E-state index in [1.165, 1.54) is 6.26 Å². The minimum Gasteiger partial charge on any atom is -0.461 e. The van der Waals surface area contributed by atoms with Crippen LogP contribution < -0.4 is 5.32 Å². The largest absolute Gasteiger partial charge is 0.461 e. The first kappa shape index (κ1) is 9.95. The molecule has 0 saturated carbocycles. The lowest BCUT2D eigenvalue weighted by Gasteiger charge is -2.00. The minimum absolute atomic E-state index is 0.0406. The summed E-state index contributed by atoms with van der Waals surface area (Å²) < 4.78 is 9.75. The molecular weight excluding hydrogens is 170 g/mol. The number of carbonyl (C=O) groups is 1. The zero-order valence-electron chi connectivity index (χ0n) is 7.58. The van der Waals surface area contributed by atoms with E-state index in [9.17, 15) is 4.79 Å². The standard InChI is InChI=1S/C9H13NO3/c1-12-6-4-10-7-8(11)9-3-2-5-13-9/h2-3,5,10H,4,6-7H2,1H3. The molecule has 0 radical (unpaired) electrons. The first-order chi connectivity index (χ1) is 6.34. The van der Waals surface area contributed by atoms with Crippen LogP contribution in [0.2, 0.25) is 0 Å². The second-order valence-corrected chi connectivity index (χ2v) is 2.57. The Morgan fingerprint density at radius 2 is 2.54 bits per heavy atom. The zero-order valence-corrected chi connectivity index (χ0v) is 7.58.